The van der Waals surface area contributed by atoms with Gasteiger partial charge in [-0.25, -0.2) is 14.2 Å². The van der Waals surface area contributed by atoms with E-state index in [1.54, 1.807) is 0 Å². The lowest BCUT2D eigenvalue weighted by molar-refractivity contribution is 0.0695. The fourth-order valence-corrected chi connectivity index (χ4v) is 1.53. The Labute approximate surface area is 112 Å². The highest BCUT2D eigenvalue weighted by molar-refractivity contribution is 6.30. The Kier molecular flexibility index (Phi) is 3.62. The van der Waals surface area contributed by atoms with Gasteiger partial charge in [-0.2, -0.15) is 4.98 Å². The van der Waals surface area contributed by atoms with Gasteiger partial charge in [0.1, 0.15) is 0 Å². The molecule has 0 spiro atoms. The summed E-state index contributed by atoms with van der Waals surface area (Å²) in [6.07, 6.45) is 1.10. The largest absolute Gasteiger partial charge is 0.478 e. The monoisotopic (exact) mass is 282 g/mol. The van der Waals surface area contributed by atoms with Gasteiger partial charge in [0, 0.05) is 6.20 Å². The molecule has 5 nitrogen and oxygen atoms in total. The lowest BCUT2D eigenvalue weighted by atomic mass is 10.2. The Bertz CT molecular complexity index is 649. The zero-order chi connectivity index (χ0) is 14.0. The summed E-state index contributed by atoms with van der Waals surface area (Å²) in [6.45, 7) is 1.49. The predicted molar refractivity (Wildman–Crippen MR) is 65.2 cm³/mol. The number of hydrogen-bond donors (Lipinski definition) is 1. The summed E-state index contributed by atoms with van der Waals surface area (Å²) in [6, 6.07) is 4.11. The normalized spacial score (nSPS) is 10.3. The van der Waals surface area contributed by atoms with Gasteiger partial charge in [0.15, 0.2) is 11.6 Å². The third kappa shape index (κ3) is 2.79. The standard InChI is InChI=1S/C12H8ClFN2O3/c1-6-7(11(17)18)5-15-12(16-6)19-9-4-2-3-8(13)10(9)14/h2-5H,1H3,(H,17,18). The number of carbonyl (C=O) groups is 1. The molecule has 2 aromatic rings. The maximum atomic E-state index is 13.6. The molecule has 2 rings (SSSR count). The highest BCUT2D eigenvalue weighted by Crippen LogP contribution is 2.27. The second-order valence-corrected chi connectivity index (χ2v) is 4.02. The summed E-state index contributed by atoms with van der Waals surface area (Å²) in [7, 11) is 0. The van der Waals surface area contributed by atoms with Crippen molar-refractivity contribution in [2.24, 2.45) is 0 Å². The van der Waals surface area contributed by atoms with Gasteiger partial charge in [0.05, 0.1) is 16.3 Å². The van der Waals surface area contributed by atoms with Crippen LogP contribution in [0.5, 0.6) is 11.8 Å². The first-order chi connectivity index (χ1) is 8.99. The van der Waals surface area contributed by atoms with Gasteiger partial charge in [-0.05, 0) is 19.1 Å². The Balaban J connectivity index is 2.32. The maximum absolute atomic E-state index is 13.6. The SMILES string of the molecule is Cc1nc(Oc2cccc(Cl)c2F)ncc1C(=O)O. The molecule has 0 aliphatic carbocycles. The smallest absolute Gasteiger partial charge is 0.339 e. The van der Waals surface area contributed by atoms with Crippen molar-refractivity contribution in [1.29, 1.82) is 0 Å². The van der Waals surface area contributed by atoms with E-state index in [2.05, 4.69) is 9.97 Å². The zero-order valence-corrected chi connectivity index (χ0v) is 10.5. The Hall–Kier alpha value is -2.21. The Morgan fingerprint density at radius 2 is 2.21 bits per heavy atom. The van der Waals surface area contributed by atoms with E-state index in [9.17, 15) is 9.18 Å². The van der Waals surface area contributed by atoms with Crippen molar-refractivity contribution >= 4 is 17.6 Å². The second-order valence-electron chi connectivity index (χ2n) is 3.61. The van der Waals surface area contributed by atoms with E-state index in [-0.39, 0.29) is 28.0 Å². The van der Waals surface area contributed by atoms with Crippen molar-refractivity contribution in [3.05, 3.63) is 46.5 Å². The van der Waals surface area contributed by atoms with Crippen LogP contribution in [-0.4, -0.2) is 21.0 Å². The van der Waals surface area contributed by atoms with Crippen molar-refractivity contribution in [2.75, 3.05) is 0 Å². The Morgan fingerprint density at radius 3 is 2.84 bits per heavy atom. The lowest BCUT2D eigenvalue weighted by Crippen LogP contribution is -2.04. The first kappa shape index (κ1) is 13.2. The molecule has 0 saturated heterocycles. The van der Waals surface area contributed by atoms with Gasteiger partial charge in [-0.3, -0.25) is 0 Å². The number of rotatable bonds is 3. The number of ether oxygens (including phenoxy) is 1. The van der Waals surface area contributed by atoms with E-state index < -0.39 is 11.8 Å². The molecule has 19 heavy (non-hydrogen) atoms. The minimum atomic E-state index is -1.14. The van der Waals surface area contributed by atoms with Crippen LogP contribution in [0.2, 0.25) is 5.02 Å². The molecular weight excluding hydrogens is 275 g/mol. The maximum Gasteiger partial charge on any atom is 0.339 e. The van der Waals surface area contributed by atoms with Crippen LogP contribution in [0.3, 0.4) is 0 Å². The lowest BCUT2D eigenvalue weighted by Gasteiger charge is -2.07. The van der Waals surface area contributed by atoms with Crippen LogP contribution in [-0.2, 0) is 0 Å². The summed E-state index contributed by atoms with van der Waals surface area (Å²) in [5.74, 6) is -2.00. The zero-order valence-electron chi connectivity index (χ0n) is 9.72. The molecule has 98 valence electrons. The summed E-state index contributed by atoms with van der Waals surface area (Å²) < 4.78 is 18.7. The molecule has 0 fully saturated rings. The minimum absolute atomic E-state index is 0.0427. The second kappa shape index (κ2) is 5.19. The van der Waals surface area contributed by atoms with Gasteiger partial charge < -0.3 is 9.84 Å². The van der Waals surface area contributed by atoms with Crippen molar-refractivity contribution in [1.82, 2.24) is 9.97 Å². The number of aromatic carboxylic acids is 1. The van der Waals surface area contributed by atoms with Crippen LogP contribution in [0.1, 0.15) is 16.1 Å². The van der Waals surface area contributed by atoms with Crippen LogP contribution in [0, 0.1) is 12.7 Å². The number of carboxylic acid groups (broad SMARTS) is 1. The molecule has 0 amide bonds. The summed E-state index contributed by atoms with van der Waals surface area (Å²) >= 11 is 5.60. The molecule has 0 unspecified atom stereocenters. The van der Waals surface area contributed by atoms with Gasteiger partial charge in [-0.15, -0.1) is 0 Å². The first-order valence-corrected chi connectivity index (χ1v) is 5.55. The van der Waals surface area contributed by atoms with Crippen molar-refractivity contribution < 1.29 is 19.0 Å². The van der Waals surface area contributed by atoms with E-state index in [0.717, 1.165) is 6.20 Å². The number of carboxylic acids is 1. The fourth-order valence-electron chi connectivity index (χ4n) is 1.37. The first-order valence-electron chi connectivity index (χ1n) is 5.18. The van der Waals surface area contributed by atoms with Crippen LogP contribution >= 0.6 is 11.6 Å². The summed E-state index contributed by atoms with van der Waals surface area (Å²) in [5, 5.41) is 8.74. The molecule has 1 N–H and O–H groups in total. The average Bonchev–Trinajstić information content (AvgIpc) is 2.34. The van der Waals surface area contributed by atoms with Gasteiger partial charge in [-0.1, -0.05) is 17.7 Å². The molecule has 1 aromatic heterocycles. The Morgan fingerprint density at radius 1 is 1.47 bits per heavy atom. The van der Waals surface area contributed by atoms with E-state index in [4.69, 9.17) is 21.4 Å². The van der Waals surface area contributed by atoms with Crippen molar-refractivity contribution in [3.8, 4) is 11.8 Å². The highest BCUT2D eigenvalue weighted by atomic mass is 35.5. The number of benzene rings is 1. The summed E-state index contributed by atoms with van der Waals surface area (Å²) in [5.41, 5.74) is 0.179. The molecule has 7 heteroatoms. The fraction of sp³-hybridized carbons (Fsp3) is 0.0833. The third-order valence-corrected chi connectivity index (χ3v) is 2.60. The topological polar surface area (TPSA) is 72.3 Å². The molecular formula is C12H8ClFN2O3. The molecule has 0 aliphatic rings. The van der Waals surface area contributed by atoms with Crippen LogP contribution in [0.25, 0.3) is 0 Å². The molecule has 0 bridgehead atoms. The van der Waals surface area contributed by atoms with Crippen molar-refractivity contribution in [3.63, 3.8) is 0 Å². The van der Waals surface area contributed by atoms with Crippen LogP contribution in [0.15, 0.2) is 24.4 Å². The van der Waals surface area contributed by atoms with Crippen LogP contribution < -0.4 is 4.74 Å². The predicted octanol–water partition coefficient (Wildman–Crippen LogP) is 3.07. The van der Waals surface area contributed by atoms with E-state index in [1.165, 1.54) is 25.1 Å². The van der Waals surface area contributed by atoms with E-state index in [1.807, 2.05) is 0 Å². The molecule has 0 atom stereocenters. The molecule has 0 saturated carbocycles. The number of hydrogen-bond acceptors (Lipinski definition) is 4. The number of aryl methyl sites for hydroxylation is 1. The number of nitrogens with zero attached hydrogens (tertiary/aromatic N) is 2. The van der Waals surface area contributed by atoms with Crippen molar-refractivity contribution in [2.45, 2.75) is 6.92 Å². The number of halogens is 2. The average molecular weight is 283 g/mol. The molecule has 0 aliphatic heterocycles. The van der Waals surface area contributed by atoms with Gasteiger partial charge in [0.2, 0.25) is 0 Å². The van der Waals surface area contributed by atoms with E-state index in [0.29, 0.717) is 0 Å². The minimum Gasteiger partial charge on any atom is -0.478 e. The third-order valence-electron chi connectivity index (χ3n) is 2.31. The van der Waals surface area contributed by atoms with Gasteiger partial charge >= 0.3 is 12.0 Å². The highest BCUT2D eigenvalue weighted by Gasteiger charge is 2.13. The van der Waals surface area contributed by atoms with Gasteiger partial charge in [0.25, 0.3) is 0 Å². The summed E-state index contributed by atoms with van der Waals surface area (Å²) in [4.78, 5) is 18.3. The van der Waals surface area contributed by atoms with Crippen LogP contribution in [0.4, 0.5) is 4.39 Å². The molecule has 1 aromatic carbocycles. The van der Waals surface area contributed by atoms with E-state index >= 15 is 0 Å². The molecule has 1 heterocycles. The quantitative estimate of drug-likeness (QED) is 0.936. The number of aromatic nitrogens is 2. The molecule has 0 radical (unpaired) electrons.